The van der Waals surface area contributed by atoms with Crippen molar-refractivity contribution in [3.63, 3.8) is 0 Å². The number of ether oxygens (including phenoxy) is 1. The van der Waals surface area contributed by atoms with Crippen molar-refractivity contribution >= 4 is 27.3 Å². The lowest BCUT2D eigenvalue weighted by Gasteiger charge is -2.37. The number of aryl methyl sites for hydroxylation is 2. The first-order chi connectivity index (χ1) is 16.8. The van der Waals surface area contributed by atoms with E-state index in [2.05, 4.69) is 35.7 Å². The normalized spacial score (nSPS) is 15.9. The molecule has 0 spiro atoms. The number of rotatable bonds is 9. The Morgan fingerprint density at radius 2 is 1.71 bits per heavy atom. The van der Waals surface area contributed by atoms with E-state index < -0.39 is 10.0 Å². The van der Waals surface area contributed by atoms with Crippen LogP contribution < -0.4 is 0 Å². The number of amides is 1. The summed E-state index contributed by atoms with van der Waals surface area (Å²) in [4.78, 5) is 17.1. The molecule has 4 rings (SSSR count). The van der Waals surface area contributed by atoms with Crippen molar-refractivity contribution < 1.29 is 17.9 Å². The molecule has 0 saturated carbocycles. The quantitative estimate of drug-likeness (QED) is 0.394. The molecule has 0 aliphatic carbocycles. The van der Waals surface area contributed by atoms with Gasteiger partial charge in [-0.05, 0) is 61.4 Å². The number of nitrogens with zero attached hydrogens (tertiary/aromatic N) is 2. The summed E-state index contributed by atoms with van der Waals surface area (Å²) in [5, 5.41) is 2.07. The van der Waals surface area contributed by atoms with Crippen LogP contribution in [0.25, 0.3) is 0 Å². The second kappa shape index (κ2) is 11.0. The Hall–Kier alpha value is -2.52. The minimum absolute atomic E-state index is 0.194. The Labute approximate surface area is 212 Å². The van der Waals surface area contributed by atoms with E-state index in [-0.39, 0.29) is 29.9 Å². The van der Waals surface area contributed by atoms with E-state index in [0.717, 1.165) is 28.7 Å². The first kappa shape index (κ1) is 25.6. The van der Waals surface area contributed by atoms with Crippen LogP contribution in [-0.2, 0) is 26.0 Å². The number of carbonyl (C=O) groups is 1. The minimum atomic E-state index is -3.84. The molecular weight excluding hydrogens is 480 g/mol. The van der Waals surface area contributed by atoms with Gasteiger partial charge in [-0.1, -0.05) is 47.5 Å². The molecule has 0 N–H and O–H groups in total. The zero-order valence-electron chi connectivity index (χ0n) is 20.4. The summed E-state index contributed by atoms with van der Waals surface area (Å²) in [7, 11) is -2.25. The largest absolute Gasteiger partial charge is 0.385 e. The van der Waals surface area contributed by atoms with Crippen molar-refractivity contribution in [2.45, 2.75) is 37.6 Å². The summed E-state index contributed by atoms with van der Waals surface area (Å²) < 4.78 is 33.5. The third-order valence-corrected chi connectivity index (χ3v) is 9.26. The number of fused-ring (bicyclic) bond motifs is 1. The standard InChI is InChI=1S/C27H32N2O4S2/c1-20-5-9-22(10-6-20)27-24-14-18-34-25(24)13-16-29(27)26(30)19-28(15-4-17-33-3)35(31,32)23-11-7-21(2)8-12-23/h5-12,14,18,27H,4,13,15-17,19H2,1-3H3. The van der Waals surface area contributed by atoms with E-state index >= 15 is 0 Å². The van der Waals surface area contributed by atoms with Crippen molar-refractivity contribution in [3.05, 3.63) is 87.1 Å². The molecule has 0 radical (unpaired) electrons. The van der Waals surface area contributed by atoms with Gasteiger partial charge in [0.1, 0.15) is 0 Å². The van der Waals surface area contributed by atoms with Crippen molar-refractivity contribution in [1.29, 1.82) is 0 Å². The summed E-state index contributed by atoms with van der Waals surface area (Å²) in [6, 6.07) is 16.9. The zero-order valence-corrected chi connectivity index (χ0v) is 22.1. The molecule has 186 valence electrons. The molecule has 35 heavy (non-hydrogen) atoms. The molecule has 0 fully saturated rings. The molecule has 0 bridgehead atoms. The molecule has 0 saturated heterocycles. The highest BCUT2D eigenvalue weighted by atomic mass is 32.2. The van der Waals surface area contributed by atoms with Crippen LogP contribution in [0.3, 0.4) is 0 Å². The van der Waals surface area contributed by atoms with E-state index in [1.165, 1.54) is 9.18 Å². The maximum Gasteiger partial charge on any atom is 0.243 e. The average molecular weight is 513 g/mol. The topological polar surface area (TPSA) is 66.9 Å². The average Bonchev–Trinajstić information content (AvgIpc) is 3.33. The van der Waals surface area contributed by atoms with E-state index in [1.807, 2.05) is 18.7 Å². The number of benzene rings is 2. The van der Waals surface area contributed by atoms with Gasteiger partial charge < -0.3 is 9.64 Å². The van der Waals surface area contributed by atoms with Gasteiger partial charge in [-0.15, -0.1) is 11.3 Å². The first-order valence-corrected chi connectivity index (χ1v) is 14.1. The second-order valence-corrected chi connectivity index (χ2v) is 11.9. The monoisotopic (exact) mass is 512 g/mol. The SMILES string of the molecule is COCCCN(CC(=O)N1CCc2sccc2C1c1ccc(C)cc1)S(=O)(=O)c1ccc(C)cc1. The predicted molar refractivity (Wildman–Crippen MR) is 139 cm³/mol. The van der Waals surface area contributed by atoms with Gasteiger partial charge in [-0.3, -0.25) is 4.79 Å². The van der Waals surface area contributed by atoms with Crippen molar-refractivity contribution in [3.8, 4) is 0 Å². The molecule has 8 heteroatoms. The molecule has 2 aromatic carbocycles. The van der Waals surface area contributed by atoms with Crippen molar-refractivity contribution in [1.82, 2.24) is 9.21 Å². The molecule has 2 heterocycles. The highest BCUT2D eigenvalue weighted by molar-refractivity contribution is 7.89. The van der Waals surface area contributed by atoms with Gasteiger partial charge >= 0.3 is 0 Å². The van der Waals surface area contributed by atoms with Gasteiger partial charge in [0.25, 0.3) is 0 Å². The molecule has 1 aromatic heterocycles. The number of carbonyl (C=O) groups excluding carboxylic acids is 1. The van der Waals surface area contributed by atoms with Crippen LogP contribution >= 0.6 is 11.3 Å². The molecule has 3 aromatic rings. The summed E-state index contributed by atoms with van der Waals surface area (Å²) in [5.74, 6) is -0.194. The molecule has 6 nitrogen and oxygen atoms in total. The van der Waals surface area contributed by atoms with Crippen molar-refractivity contribution in [2.75, 3.05) is 33.4 Å². The van der Waals surface area contributed by atoms with Gasteiger partial charge in [0.15, 0.2) is 0 Å². The Morgan fingerprint density at radius 1 is 1.06 bits per heavy atom. The van der Waals surface area contributed by atoms with E-state index in [9.17, 15) is 13.2 Å². The Bertz CT molecular complexity index is 1250. The smallest absolute Gasteiger partial charge is 0.243 e. The molecular formula is C27H32N2O4S2. The van der Waals surface area contributed by atoms with Crippen molar-refractivity contribution in [2.24, 2.45) is 0 Å². The second-order valence-electron chi connectivity index (χ2n) is 8.95. The summed E-state index contributed by atoms with van der Waals surface area (Å²) in [6.45, 7) is 4.93. The first-order valence-electron chi connectivity index (χ1n) is 11.8. The van der Waals surface area contributed by atoms with Gasteiger partial charge in [-0.2, -0.15) is 4.31 Å². The van der Waals surface area contributed by atoms with Crippen LogP contribution in [0.4, 0.5) is 0 Å². The molecule has 1 unspecified atom stereocenters. The van der Waals surface area contributed by atoms with E-state index in [0.29, 0.717) is 19.6 Å². The number of hydrogen-bond donors (Lipinski definition) is 0. The predicted octanol–water partition coefficient (Wildman–Crippen LogP) is 4.57. The van der Waals surface area contributed by atoms with Crippen LogP contribution in [0.2, 0.25) is 0 Å². The Morgan fingerprint density at radius 3 is 2.37 bits per heavy atom. The maximum atomic E-state index is 13.7. The van der Waals surface area contributed by atoms with Gasteiger partial charge in [0, 0.05) is 31.7 Å². The molecule has 1 atom stereocenters. The lowest BCUT2D eigenvalue weighted by molar-refractivity contribution is -0.133. The molecule has 1 aliphatic rings. The molecule has 1 amide bonds. The number of methoxy groups -OCH3 is 1. The Kier molecular flexibility index (Phi) is 8.06. The third-order valence-electron chi connectivity index (χ3n) is 6.41. The summed E-state index contributed by atoms with van der Waals surface area (Å²) >= 11 is 1.71. The fourth-order valence-electron chi connectivity index (χ4n) is 4.46. The highest BCUT2D eigenvalue weighted by Crippen LogP contribution is 2.38. The lowest BCUT2D eigenvalue weighted by atomic mass is 9.92. The molecule has 1 aliphatic heterocycles. The van der Waals surface area contributed by atoms with Crippen LogP contribution in [0, 0.1) is 13.8 Å². The highest BCUT2D eigenvalue weighted by Gasteiger charge is 2.35. The van der Waals surface area contributed by atoms with Gasteiger partial charge in [0.05, 0.1) is 17.5 Å². The van der Waals surface area contributed by atoms with Crippen LogP contribution in [-0.4, -0.2) is 56.9 Å². The number of hydrogen-bond acceptors (Lipinski definition) is 5. The van der Waals surface area contributed by atoms with Gasteiger partial charge in [-0.25, -0.2) is 8.42 Å². The zero-order chi connectivity index (χ0) is 25.0. The minimum Gasteiger partial charge on any atom is -0.385 e. The number of thiophene rings is 1. The maximum absolute atomic E-state index is 13.7. The van der Waals surface area contributed by atoms with Crippen LogP contribution in [0.5, 0.6) is 0 Å². The van der Waals surface area contributed by atoms with Crippen LogP contribution in [0.1, 0.15) is 39.6 Å². The van der Waals surface area contributed by atoms with E-state index in [4.69, 9.17) is 4.74 Å². The Balaban J connectivity index is 1.64. The summed E-state index contributed by atoms with van der Waals surface area (Å²) in [6.07, 6.45) is 1.28. The van der Waals surface area contributed by atoms with Gasteiger partial charge in [0.2, 0.25) is 15.9 Å². The van der Waals surface area contributed by atoms with Crippen LogP contribution in [0.15, 0.2) is 64.9 Å². The fourth-order valence-corrected chi connectivity index (χ4v) is 6.80. The lowest BCUT2D eigenvalue weighted by Crippen LogP contribution is -2.47. The number of sulfonamides is 1. The fraction of sp³-hybridized carbons (Fsp3) is 0.370. The third kappa shape index (κ3) is 5.67. The summed E-state index contributed by atoms with van der Waals surface area (Å²) in [5.41, 5.74) is 4.30. The van der Waals surface area contributed by atoms with E-state index in [1.54, 1.807) is 42.7 Å².